The summed E-state index contributed by atoms with van der Waals surface area (Å²) >= 11 is 0. The summed E-state index contributed by atoms with van der Waals surface area (Å²) in [6.07, 6.45) is 1.93. The van der Waals surface area contributed by atoms with Gasteiger partial charge in [-0.3, -0.25) is 4.98 Å². The van der Waals surface area contributed by atoms with Crippen LogP contribution < -0.4 is 0 Å². The van der Waals surface area contributed by atoms with Gasteiger partial charge >= 0.3 is 0 Å². The standard InChI is InChI=1S/C12H19NO3/c1-3-15-12(16-4-2)10-5-7-13-11(9-10)6-8-14/h5,7,9,12,14H,3-4,6,8H2,1-2H3. The van der Waals surface area contributed by atoms with Crippen LogP contribution in [0.5, 0.6) is 0 Å². The Morgan fingerprint density at radius 1 is 1.31 bits per heavy atom. The third kappa shape index (κ3) is 3.89. The van der Waals surface area contributed by atoms with Gasteiger partial charge in [0.05, 0.1) is 0 Å². The molecular formula is C12H19NO3. The minimum absolute atomic E-state index is 0.102. The Labute approximate surface area is 96.2 Å². The van der Waals surface area contributed by atoms with Gasteiger partial charge in [0.15, 0.2) is 6.29 Å². The van der Waals surface area contributed by atoms with Crippen LogP contribution in [-0.2, 0) is 15.9 Å². The Kier molecular flexibility index (Phi) is 6.00. The normalized spacial score (nSPS) is 11.0. The lowest BCUT2D eigenvalue weighted by Gasteiger charge is -2.17. The third-order valence-corrected chi connectivity index (χ3v) is 2.12. The van der Waals surface area contributed by atoms with Gasteiger partial charge in [0.2, 0.25) is 0 Å². The van der Waals surface area contributed by atoms with Crippen molar-refractivity contribution in [1.29, 1.82) is 0 Å². The monoisotopic (exact) mass is 225 g/mol. The highest BCUT2D eigenvalue weighted by atomic mass is 16.7. The molecule has 0 aromatic carbocycles. The zero-order chi connectivity index (χ0) is 11.8. The first-order valence-electron chi connectivity index (χ1n) is 5.60. The molecular weight excluding hydrogens is 206 g/mol. The summed E-state index contributed by atoms with van der Waals surface area (Å²) in [5.41, 5.74) is 1.80. The lowest BCUT2D eigenvalue weighted by molar-refractivity contribution is -0.140. The highest BCUT2D eigenvalue weighted by molar-refractivity contribution is 5.17. The molecule has 0 saturated carbocycles. The van der Waals surface area contributed by atoms with Crippen molar-refractivity contribution in [3.05, 3.63) is 29.6 Å². The van der Waals surface area contributed by atoms with Crippen molar-refractivity contribution >= 4 is 0 Å². The Morgan fingerprint density at radius 2 is 2.00 bits per heavy atom. The smallest absolute Gasteiger partial charge is 0.183 e. The van der Waals surface area contributed by atoms with E-state index >= 15 is 0 Å². The van der Waals surface area contributed by atoms with Gasteiger partial charge in [0.1, 0.15) is 0 Å². The van der Waals surface area contributed by atoms with Crippen molar-refractivity contribution in [2.75, 3.05) is 19.8 Å². The molecule has 0 unspecified atom stereocenters. The largest absolute Gasteiger partial charge is 0.396 e. The van der Waals surface area contributed by atoms with E-state index in [0.29, 0.717) is 19.6 Å². The van der Waals surface area contributed by atoms with Gasteiger partial charge in [-0.2, -0.15) is 0 Å². The second kappa shape index (κ2) is 7.33. The maximum absolute atomic E-state index is 8.85. The van der Waals surface area contributed by atoms with E-state index in [-0.39, 0.29) is 12.9 Å². The summed E-state index contributed by atoms with van der Waals surface area (Å²) in [6.45, 7) is 5.17. The topological polar surface area (TPSA) is 51.6 Å². The molecule has 0 fully saturated rings. The van der Waals surface area contributed by atoms with Crippen molar-refractivity contribution in [3.63, 3.8) is 0 Å². The van der Waals surface area contributed by atoms with Gasteiger partial charge in [-0.25, -0.2) is 0 Å². The minimum Gasteiger partial charge on any atom is -0.396 e. The fraction of sp³-hybridized carbons (Fsp3) is 0.583. The number of pyridine rings is 1. The Balaban J connectivity index is 2.77. The van der Waals surface area contributed by atoms with Gasteiger partial charge in [-0.1, -0.05) is 0 Å². The van der Waals surface area contributed by atoms with Crippen LogP contribution in [-0.4, -0.2) is 29.9 Å². The van der Waals surface area contributed by atoms with E-state index in [1.54, 1.807) is 6.20 Å². The van der Waals surface area contributed by atoms with Crippen LogP contribution >= 0.6 is 0 Å². The summed E-state index contributed by atoms with van der Waals surface area (Å²) < 4.78 is 11.0. The number of hydrogen-bond donors (Lipinski definition) is 1. The quantitative estimate of drug-likeness (QED) is 0.717. The van der Waals surface area contributed by atoms with E-state index in [1.165, 1.54) is 0 Å². The Hall–Kier alpha value is -0.970. The molecule has 1 rings (SSSR count). The summed E-state index contributed by atoms with van der Waals surface area (Å²) in [5, 5.41) is 8.85. The van der Waals surface area contributed by atoms with Crippen molar-refractivity contribution in [3.8, 4) is 0 Å². The molecule has 1 aromatic rings. The zero-order valence-corrected chi connectivity index (χ0v) is 9.85. The van der Waals surface area contributed by atoms with Crippen LogP contribution in [0.2, 0.25) is 0 Å². The number of nitrogens with zero attached hydrogens (tertiary/aromatic N) is 1. The molecule has 0 spiro atoms. The molecule has 1 heterocycles. The highest BCUT2D eigenvalue weighted by Crippen LogP contribution is 2.19. The van der Waals surface area contributed by atoms with E-state index in [0.717, 1.165) is 11.3 Å². The van der Waals surface area contributed by atoms with Gasteiger partial charge in [-0.05, 0) is 26.0 Å². The number of ether oxygens (including phenoxy) is 2. The number of aliphatic hydroxyl groups is 1. The molecule has 0 amide bonds. The molecule has 4 heteroatoms. The SMILES string of the molecule is CCOC(OCC)c1ccnc(CCO)c1. The van der Waals surface area contributed by atoms with Gasteiger partial charge in [-0.15, -0.1) is 0 Å². The summed E-state index contributed by atoms with van der Waals surface area (Å²) in [6, 6.07) is 3.78. The van der Waals surface area contributed by atoms with Crippen LogP contribution in [0.25, 0.3) is 0 Å². The zero-order valence-electron chi connectivity index (χ0n) is 9.85. The predicted molar refractivity (Wildman–Crippen MR) is 61.0 cm³/mol. The molecule has 90 valence electrons. The molecule has 0 saturated heterocycles. The van der Waals surface area contributed by atoms with Crippen molar-refractivity contribution < 1.29 is 14.6 Å². The fourth-order valence-electron chi connectivity index (χ4n) is 1.44. The predicted octanol–water partition coefficient (Wildman–Crippen LogP) is 1.69. The van der Waals surface area contributed by atoms with Gasteiger partial charge < -0.3 is 14.6 Å². The second-order valence-corrected chi connectivity index (χ2v) is 3.30. The fourth-order valence-corrected chi connectivity index (χ4v) is 1.44. The highest BCUT2D eigenvalue weighted by Gasteiger charge is 2.11. The minimum atomic E-state index is -0.338. The molecule has 16 heavy (non-hydrogen) atoms. The lowest BCUT2D eigenvalue weighted by atomic mass is 10.2. The number of rotatable bonds is 7. The van der Waals surface area contributed by atoms with E-state index < -0.39 is 0 Å². The average molecular weight is 225 g/mol. The van der Waals surface area contributed by atoms with E-state index in [2.05, 4.69) is 4.98 Å². The average Bonchev–Trinajstić information content (AvgIpc) is 2.30. The van der Waals surface area contributed by atoms with Crippen LogP contribution in [0.1, 0.15) is 31.4 Å². The summed E-state index contributed by atoms with van der Waals surface area (Å²) in [4.78, 5) is 4.16. The van der Waals surface area contributed by atoms with Crippen molar-refractivity contribution in [2.24, 2.45) is 0 Å². The molecule has 1 aromatic heterocycles. The van der Waals surface area contributed by atoms with E-state index in [9.17, 15) is 0 Å². The Morgan fingerprint density at radius 3 is 2.56 bits per heavy atom. The maximum atomic E-state index is 8.85. The number of hydrogen-bond acceptors (Lipinski definition) is 4. The second-order valence-electron chi connectivity index (χ2n) is 3.30. The first-order chi connectivity index (χ1) is 7.81. The molecule has 0 aliphatic heterocycles. The number of aromatic nitrogens is 1. The van der Waals surface area contributed by atoms with Gasteiger partial charge in [0, 0.05) is 43.7 Å². The molecule has 0 radical (unpaired) electrons. The molecule has 0 atom stereocenters. The molecule has 1 N–H and O–H groups in total. The first kappa shape index (κ1) is 13.1. The molecule has 0 aliphatic carbocycles. The van der Waals surface area contributed by atoms with Crippen LogP contribution in [0.15, 0.2) is 18.3 Å². The molecule has 4 nitrogen and oxygen atoms in total. The van der Waals surface area contributed by atoms with E-state index in [4.69, 9.17) is 14.6 Å². The first-order valence-corrected chi connectivity index (χ1v) is 5.60. The van der Waals surface area contributed by atoms with Crippen LogP contribution in [0.4, 0.5) is 0 Å². The molecule has 0 aliphatic rings. The Bertz CT molecular complexity index is 298. The lowest BCUT2D eigenvalue weighted by Crippen LogP contribution is -2.09. The van der Waals surface area contributed by atoms with Gasteiger partial charge in [0.25, 0.3) is 0 Å². The number of aliphatic hydroxyl groups excluding tert-OH is 1. The van der Waals surface area contributed by atoms with Crippen molar-refractivity contribution in [1.82, 2.24) is 4.98 Å². The summed E-state index contributed by atoms with van der Waals surface area (Å²) in [5.74, 6) is 0. The molecule has 0 bridgehead atoms. The van der Waals surface area contributed by atoms with E-state index in [1.807, 2.05) is 26.0 Å². The van der Waals surface area contributed by atoms with Crippen LogP contribution in [0.3, 0.4) is 0 Å². The van der Waals surface area contributed by atoms with Crippen LogP contribution in [0, 0.1) is 0 Å². The third-order valence-electron chi connectivity index (χ3n) is 2.12. The maximum Gasteiger partial charge on any atom is 0.183 e. The van der Waals surface area contributed by atoms with Crippen molar-refractivity contribution in [2.45, 2.75) is 26.6 Å². The summed E-state index contributed by atoms with van der Waals surface area (Å²) in [7, 11) is 0.